The van der Waals surface area contributed by atoms with Gasteiger partial charge in [0, 0.05) is 27.6 Å². The maximum atomic E-state index is 4.66. The average molecular weight is 1030 g/mol. The predicted octanol–water partition coefficient (Wildman–Crippen LogP) is 19.9. The molecule has 1 nitrogen and oxygen atoms in total. The Balaban J connectivity index is 0.849. The first kappa shape index (κ1) is 48.7. The summed E-state index contributed by atoms with van der Waals surface area (Å²) in [5.74, 6) is 0.0968. The minimum atomic E-state index is -0.188. The van der Waals surface area contributed by atoms with E-state index >= 15 is 0 Å². The second kappa shape index (κ2) is 18.6. The summed E-state index contributed by atoms with van der Waals surface area (Å²) in [4.78, 5) is 2.45. The first-order chi connectivity index (χ1) is 36.7. The number of nitrogens with zero attached hydrogens (tertiary/aromatic N) is 1. The van der Waals surface area contributed by atoms with Gasteiger partial charge in [-0.1, -0.05) is 228 Å². The second-order valence-corrected chi connectivity index (χ2v) is 27.5. The average Bonchev–Trinajstić information content (AvgIpc) is 3.98. The van der Waals surface area contributed by atoms with Gasteiger partial charge in [-0.3, -0.25) is 0 Å². The minimum Gasteiger partial charge on any atom is -0.310 e. The number of benzene rings is 10. The zero-order valence-corrected chi connectivity index (χ0v) is 47.2. The van der Waals surface area contributed by atoms with Crippen molar-refractivity contribution in [3.8, 4) is 0 Å². The highest BCUT2D eigenvalue weighted by molar-refractivity contribution is 7.56. The summed E-state index contributed by atoms with van der Waals surface area (Å²) in [5, 5.41) is 9.99. The summed E-state index contributed by atoms with van der Waals surface area (Å²) >= 11 is 0. The number of anilines is 3. The molecule has 5 unspecified atom stereocenters. The van der Waals surface area contributed by atoms with E-state index in [0.717, 1.165) is 12.0 Å². The molecule has 370 valence electrons. The van der Waals surface area contributed by atoms with Crippen molar-refractivity contribution in [1.29, 1.82) is 0 Å². The van der Waals surface area contributed by atoms with Gasteiger partial charge in [0.15, 0.2) is 0 Å². The Kier molecular flexibility index (Phi) is 11.9. The molecular weight excluding hydrogens is 972 g/mol. The molecule has 10 aromatic carbocycles. The lowest BCUT2D eigenvalue weighted by atomic mass is 9.73. The van der Waals surface area contributed by atoms with Crippen LogP contribution in [0, 0.1) is 0 Å². The van der Waals surface area contributed by atoms with Crippen LogP contribution >= 0.6 is 27.7 Å². The third-order valence-electron chi connectivity index (χ3n) is 16.9. The normalized spacial score (nSPS) is 18.7. The van der Waals surface area contributed by atoms with Crippen LogP contribution in [0.1, 0.15) is 96.0 Å². The molecular formula is C72H62NP3. The second-order valence-electron chi connectivity index (χ2n) is 22.6. The molecule has 13 rings (SSSR count). The van der Waals surface area contributed by atoms with Crippen LogP contribution in [0.4, 0.5) is 17.1 Å². The van der Waals surface area contributed by atoms with Crippen molar-refractivity contribution in [3.05, 3.63) is 293 Å². The van der Waals surface area contributed by atoms with Crippen LogP contribution in [-0.4, -0.2) is 0 Å². The van der Waals surface area contributed by atoms with Gasteiger partial charge in [-0.25, -0.2) is 0 Å². The van der Waals surface area contributed by atoms with Gasteiger partial charge in [0.25, 0.3) is 0 Å². The van der Waals surface area contributed by atoms with Crippen molar-refractivity contribution < 1.29 is 0 Å². The zero-order chi connectivity index (χ0) is 52.1. The lowest BCUT2D eigenvalue weighted by molar-refractivity contribution is 0.527. The molecule has 4 heteroatoms. The summed E-state index contributed by atoms with van der Waals surface area (Å²) in [6, 6.07) is 73.6. The molecule has 1 heterocycles. The Labute approximate surface area is 455 Å². The first-order valence-corrected chi connectivity index (χ1v) is 28.4. The van der Waals surface area contributed by atoms with Gasteiger partial charge in [0.2, 0.25) is 0 Å². The molecule has 0 amide bonds. The number of allylic oxidation sites excluding steroid dienone is 9. The molecule has 0 aromatic heterocycles. The first-order valence-electron chi connectivity index (χ1n) is 26.7. The van der Waals surface area contributed by atoms with Gasteiger partial charge >= 0.3 is 0 Å². The van der Waals surface area contributed by atoms with Crippen LogP contribution in [0.3, 0.4) is 0 Å². The fraction of sp³-hybridized carbons (Fsp3) is 0.139. The molecule has 5 atom stereocenters. The Morgan fingerprint density at radius 2 is 0.987 bits per heavy atom. The molecule has 1 aliphatic heterocycles. The highest BCUT2D eigenvalue weighted by atomic mass is 31.1. The number of rotatable bonds is 6. The van der Waals surface area contributed by atoms with E-state index in [2.05, 4.69) is 297 Å². The molecule has 0 saturated heterocycles. The Morgan fingerprint density at radius 3 is 1.58 bits per heavy atom. The lowest BCUT2D eigenvalue weighted by Gasteiger charge is -2.42. The van der Waals surface area contributed by atoms with Crippen molar-refractivity contribution in [2.45, 2.75) is 61.4 Å². The van der Waals surface area contributed by atoms with Gasteiger partial charge in [-0.15, -0.1) is 27.7 Å². The lowest BCUT2D eigenvalue weighted by Crippen LogP contribution is -2.30. The monoisotopic (exact) mass is 1030 g/mol. The van der Waals surface area contributed by atoms with Gasteiger partial charge < -0.3 is 4.90 Å². The van der Waals surface area contributed by atoms with Crippen LogP contribution in [0.5, 0.6) is 0 Å². The zero-order valence-electron chi connectivity index (χ0n) is 43.7. The van der Waals surface area contributed by atoms with Crippen LogP contribution in [0.15, 0.2) is 243 Å². The van der Waals surface area contributed by atoms with E-state index in [1.165, 1.54) is 121 Å². The molecule has 0 N–H and O–H groups in total. The topological polar surface area (TPSA) is 3.24 Å². The van der Waals surface area contributed by atoms with Crippen molar-refractivity contribution in [2.75, 3.05) is 4.90 Å². The van der Waals surface area contributed by atoms with Crippen molar-refractivity contribution >= 4 is 99.0 Å². The maximum Gasteiger partial charge on any atom is 0.0502 e. The van der Waals surface area contributed by atoms with E-state index in [9.17, 15) is 0 Å². The molecule has 76 heavy (non-hydrogen) atoms. The predicted molar refractivity (Wildman–Crippen MR) is 339 cm³/mol. The van der Waals surface area contributed by atoms with Crippen LogP contribution in [-0.2, 0) is 15.5 Å². The van der Waals surface area contributed by atoms with Gasteiger partial charge in [-0.05, 0) is 158 Å². The van der Waals surface area contributed by atoms with Crippen molar-refractivity contribution in [1.82, 2.24) is 0 Å². The third-order valence-corrected chi connectivity index (χ3v) is 17.9. The summed E-state index contributed by atoms with van der Waals surface area (Å²) in [6.07, 6.45) is 14.5. The highest BCUT2D eigenvalue weighted by Gasteiger charge is 2.37. The summed E-state index contributed by atoms with van der Waals surface area (Å²) in [5.41, 5.74) is 18.9. The SMILES string of the molecule is C=C1/C=C\C=C/CC(C)(C)c2ccccc2C1c1ccc2c(ccc3cc(C4=CC=C(c5ccc6c(ccc7cc(N8c9ccccc9C(C)(C)c9ccccc98)ccc76)c5)C4c4ccc(C(P)(P)P)cc4)ccc32)c1. The molecule has 0 radical (unpaired) electrons. The van der Waals surface area contributed by atoms with Crippen molar-refractivity contribution in [3.63, 3.8) is 0 Å². The molecule has 0 spiro atoms. The van der Waals surface area contributed by atoms with Gasteiger partial charge in [-0.2, -0.15) is 0 Å². The molecule has 0 bridgehead atoms. The molecule has 0 fully saturated rings. The summed E-state index contributed by atoms with van der Waals surface area (Å²) in [6.45, 7) is 14.1. The van der Waals surface area contributed by atoms with Gasteiger partial charge in [0.05, 0.1) is 11.4 Å². The van der Waals surface area contributed by atoms with Crippen LogP contribution in [0.25, 0.3) is 54.2 Å². The summed E-state index contributed by atoms with van der Waals surface area (Å²) < 4.78 is -0.188. The smallest absolute Gasteiger partial charge is 0.0502 e. The maximum absolute atomic E-state index is 4.66. The number of fused-ring (bicyclic) bond motifs is 9. The fourth-order valence-electron chi connectivity index (χ4n) is 12.9. The number of hydrogen-bond acceptors (Lipinski definition) is 1. The van der Waals surface area contributed by atoms with Gasteiger partial charge in [0.1, 0.15) is 0 Å². The van der Waals surface area contributed by atoms with Crippen LogP contribution < -0.4 is 4.90 Å². The Bertz CT molecular complexity index is 4110. The van der Waals surface area contributed by atoms with E-state index in [-0.39, 0.29) is 27.3 Å². The quantitative estimate of drug-likeness (QED) is 0.118. The minimum absolute atomic E-state index is 0.00965. The third kappa shape index (κ3) is 8.27. The molecule has 10 aromatic rings. The molecule has 0 saturated carbocycles. The number of hydrogen-bond donors (Lipinski definition) is 0. The molecule has 3 aliphatic rings. The standard InChI is InChI=1S/C72H62NP3/c1-45-15-7-6-14-40-70(2,3)63-17-9-8-16-62(63)68(45)53-30-36-58-49(43-53)23-22-47-41-50(28-34-56(47)58)60-38-39-61(69(60)46-26-31-54(32-27-46)72(74,75)76)51-29-35-57-48(42-51)24-25-52-44-55(33-37-59(52)57)73-66-20-12-10-18-64(66)71(4,5)65-19-11-13-21-67(65)73/h6-39,41-44,68-69H,1,40,74-76H2,2-5H3/b14-6-,15-7-. The number of para-hydroxylation sites is 2. The fourth-order valence-corrected chi connectivity index (χ4v) is 13.5. The van der Waals surface area contributed by atoms with Crippen LogP contribution in [0.2, 0.25) is 0 Å². The Morgan fingerprint density at radius 1 is 0.487 bits per heavy atom. The molecule has 2 aliphatic carbocycles. The van der Waals surface area contributed by atoms with E-state index in [1.54, 1.807) is 0 Å². The highest BCUT2D eigenvalue weighted by Crippen LogP contribution is 2.53. The van der Waals surface area contributed by atoms with Crippen molar-refractivity contribution in [2.24, 2.45) is 0 Å². The van der Waals surface area contributed by atoms with E-state index in [0.29, 0.717) is 0 Å². The Hall–Kier alpha value is -6.97. The largest absolute Gasteiger partial charge is 0.310 e. The van der Waals surface area contributed by atoms with E-state index in [4.69, 9.17) is 0 Å². The summed E-state index contributed by atoms with van der Waals surface area (Å²) in [7, 11) is 8.84. The van der Waals surface area contributed by atoms with E-state index < -0.39 is 0 Å². The van der Waals surface area contributed by atoms with E-state index in [1.807, 2.05) is 0 Å².